The van der Waals surface area contributed by atoms with Crippen molar-refractivity contribution in [2.24, 2.45) is 5.92 Å². The third kappa shape index (κ3) is 7.24. The molecule has 2 aliphatic carbocycles. The predicted octanol–water partition coefficient (Wildman–Crippen LogP) is 9.33. The Balaban J connectivity index is 1.81. The van der Waals surface area contributed by atoms with Crippen molar-refractivity contribution in [2.45, 2.75) is 20.8 Å². The molecular weight excluding hydrogens is 488 g/mol. The molecular formula is C38H36O2. The Morgan fingerprint density at radius 3 is 1.77 bits per heavy atom. The first-order chi connectivity index (χ1) is 19.5. The van der Waals surface area contributed by atoms with Gasteiger partial charge in [0.1, 0.15) is 0 Å². The summed E-state index contributed by atoms with van der Waals surface area (Å²) >= 11 is 0. The first-order valence-electron chi connectivity index (χ1n) is 13.6. The van der Waals surface area contributed by atoms with Crippen molar-refractivity contribution in [3.05, 3.63) is 178 Å². The highest BCUT2D eigenvalue weighted by atomic mass is 16.5. The van der Waals surface area contributed by atoms with Crippen LogP contribution in [0.2, 0.25) is 0 Å². The van der Waals surface area contributed by atoms with E-state index in [-0.39, 0.29) is 5.97 Å². The quantitative estimate of drug-likeness (QED) is 0.254. The Kier molecular flexibility index (Phi) is 9.85. The molecule has 4 rings (SSSR count). The number of allylic oxidation sites excluding steroid dienone is 16. The van der Waals surface area contributed by atoms with Gasteiger partial charge in [0, 0.05) is 5.57 Å². The lowest BCUT2D eigenvalue weighted by molar-refractivity contribution is -0.135. The summed E-state index contributed by atoms with van der Waals surface area (Å²) in [5.74, 6) is -0.0217. The Morgan fingerprint density at radius 1 is 0.700 bits per heavy atom. The molecule has 2 aliphatic rings. The minimum atomic E-state index is -0.354. The molecule has 0 radical (unpaired) electrons. The van der Waals surface area contributed by atoms with Crippen LogP contribution in [0.4, 0.5) is 0 Å². The second-order valence-corrected chi connectivity index (χ2v) is 9.97. The van der Waals surface area contributed by atoms with Crippen molar-refractivity contribution in [3.63, 3.8) is 0 Å². The van der Waals surface area contributed by atoms with Crippen LogP contribution in [0.1, 0.15) is 31.9 Å². The van der Waals surface area contributed by atoms with Crippen LogP contribution in [-0.2, 0) is 9.53 Å². The molecule has 2 aromatic rings. The second-order valence-electron chi connectivity index (χ2n) is 9.97. The van der Waals surface area contributed by atoms with Crippen molar-refractivity contribution in [1.29, 1.82) is 0 Å². The Bertz CT molecular complexity index is 1530. The monoisotopic (exact) mass is 524 g/mol. The summed E-state index contributed by atoms with van der Waals surface area (Å²) < 4.78 is 5.33. The lowest BCUT2D eigenvalue weighted by Gasteiger charge is -2.16. The van der Waals surface area contributed by atoms with E-state index in [0.29, 0.717) is 11.5 Å². The molecule has 0 heterocycles. The average Bonchev–Trinajstić information content (AvgIpc) is 3.23. The highest BCUT2D eigenvalue weighted by Crippen LogP contribution is 2.38. The number of hydrogen-bond acceptors (Lipinski definition) is 2. The zero-order chi connectivity index (χ0) is 28.3. The molecule has 0 atom stereocenters. The molecule has 0 saturated heterocycles. The van der Waals surface area contributed by atoms with Gasteiger partial charge >= 0.3 is 5.97 Å². The van der Waals surface area contributed by atoms with Gasteiger partial charge in [0.05, 0.1) is 12.7 Å². The average molecular weight is 525 g/mol. The van der Waals surface area contributed by atoms with E-state index < -0.39 is 0 Å². The van der Waals surface area contributed by atoms with Gasteiger partial charge in [-0.05, 0) is 51.8 Å². The van der Waals surface area contributed by atoms with Crippen LogP contribution in [0, 0.1) is 5.92 Å². The maximum absolute atomic E-state index is 13.3. The van der Waals surface area contributed by atoms with E-state index >= 15 is 0 Å². The van der Waals surface area contributed by atoms with Crippen LogP contribution in [0.15, 0.2) is 167 Å². The molecule has 0 amide bonds. The topological polar surface area (TPSA) is 26.3 Å². The van der Waals surface area contributed by atoms with Crippen LogP contribution in [0.3, 0.4) is 0 Å². The zero-order valence-electron chi connectivity index (χ0n) is 23.7. The van der Waals surface area contributed by atoms with Gasteiger partial charge in [-0.1, -0.05) is 153 Å². The molecule has 2 heteroatoms. The van der Waals surface area contributed by atoms with Gasteiger partial charge in [0.15, 0.2) is 0 Å². The Hall–Kier alpha value is -4.69. The number of carbonyl (C=O) groups excluding carboxylic acids is 1. The highest BCUT2D eigenvalue weighted by molar-refractivity contribution is 5.99. The lowest BCUT2D eigenvalue weighted by atomic mass is 9.88. The third-order valence-electron chi connectivity index (χ3n) is 6.80. The number of ether oxygens (including phenoxy) is 1. The van der Waals surface area contributed by atoms with E-state index in [1.165, 1.54) is 12.7 Å². The van der Waals surface area contributed by atoms with E-state index in [2.05, 4.69) is 87.6 Å². The van der Waals surface area contributed by atoms with Crippen molar-refractivity contribution in [1.82, 2.24) is 0 Å². The fourth-order valence-electron chi connectivity index (χ4n) is 4.61. The number of carbonyl (C=O) groups is 1. The van der Waals surface area contributed by atoms with Gasteiger partial charge in [-0.25, -0.2) is 4.79 Å². The molecule has 200 valence electrons. The van der Waals surface area contributed by atoms with Crippen molar-refractivity contribution in [2.75, 3.05) is 7.11 Å². The fourth-order valence-corrected chi connectivity index (χ4v) is 4.61. The van der Waals surface area contributed by atoms with Gasteiger partial charge in [-0.3, -0.25) is 0 Å². The molecule has 0 bridgehead atoms. The minimum absolute atomic E-state index is 0.333. The molecule has 40 heavy (non-hydrogen) atoms. The van der Waals surface area contributed by atoms with Crippen molar-refractivity contribution in [3.8, 4) is 0 Å². The third-order valence-corrected chi connectivity index (χ3v) is 6.80. The van der Waals surface area contributed by atoms with E-state index in [0.717, 1.165) is 39.0 Å². The molecule has 0 fully saturated rings. The summed E-state index contributed by atoms with van der Waals surface area (Å²) in [7, 11) is 1.44. The summed E-state index contributed by atoms with van der Waals surface area (Å²) in [5.41, 5.74) is 8.77. The van der Waals surface area contributed by atoms with Crippen molar-refractivity contribution < 1.29 is 9.53 Å². The molecule has 0 aromatic heterocycles. The summed E-state index contributed by atoms with van der Waals surface area (Å²) in [4.78, 5) is 13.3. The Morgan fingerprint density at radius 2 is 1.23 bits per heavy atom. The summed E-state index contributed by atoms with van der Waals surface area (Å²) in [6, 6.07) is 20.4. The number of hydrogen-bond donors (Lipinski definition) is 0. The van der Waals surface area contributed by atoms with Gasteiger partial charge < -0.3 is 4.74 Å². The first-order valence-corrected chi connectivity index (χ1v) is 13.6. The van der Waals surface area contributed by atoms with E-state index in [9.17, 15) is 4.79 Å². The lowest BCUT2D eigenvalue weighted by Crippen LogP contribution is -2.11. The maximum Gasteiger partial charge on any atom is 0.339 e. The number of methoxy groups -OCH3 is 1. The molecule has 0 unspecified atom stereocenters. The summed E-state index contributed by atoms with van der Waals surface area (Å²) in [5, 5.41) is 0. The largest absolute Gasteiger partial charge is 0.465 e. The van der Waals surface area contributed by atoms with Gasteiger partial charge in [-0.15, -0.1) is 0 Å². The first kappa shape index (κ1) is 28.3. The maximum atomic E-state index is 13.3. The van der Waals surface area contributed by atoms with E-state index in [1.54, 1.807) is 0 Å². The van der Waals surface area contributed by atoms with Crippen LogP contribution in [0.5, 0.6) is 0 Å². The van der Waals surface area contributed by atoms with Gasteiger partial charge in [0.2, 0.25) is 0 Å². The number of rotatable bonds is 8. The number of fused-ring (bicyclic) bond motifs is 1. The zero-order valence-corrected chi connectivity index (χ0v) is 23.7. The smallest absolute Gasteiger partial charge is 0.339 e. The number of benzene rings is 2. The van der Waals surface area contributed by atoms with Crippen molar-refractivity contribution >= 4 is 18.1 Å². The van der Waals surface area contributed by atoms with Crippen LogP contribution >= 0.6 is 0 Å². The van der Waals surface area contributed by atoms with E-state index in [4.69, 9.17) is 4.74 Å². The van der Waals surface area contributed by atoms with Gasteiger partial charge in [-0.2, -0.15) is 0 Å². The predicted molar refractivity (Wildman–Crippen MR) is 169 cm³/mol. The van der Waals surface area contributed by atoms with Gasteiger partial charge in [0.25, 0.3) is 0 Å². The summed E-state index contributed by atoms with van der Waals surface area (Å²) in [6.45, 7) is 6.43. The standard InChI is InChI=1S/C38H36O2/c1-28(2)34-24-23-29(3)36-35(27-34)32(21-13-11-19-30-15-7-5-8-16-30)25-26-33(37(36)38(39)40-4)22-14-12-20-31-17-9-6-10-18-31/h5-28H,1-4H3/b19-11+,20-12+,21-13?,22-14?. The fraction of sp³-hybridized carbons (Fsp3) is 0.132. The molecule has 2 aromatic carbocycles. The Labute approximate surface area is 238 Å². The normalized spacial score (nSPS) is 16.1. The summed E-state index contributed by atoms with van der Waals surface area (Å²) in [6.07, 6.45) is 26.8. The minimum Gasteiger partial charge on any atom is -0.465 e. The number of esters is 1. The SMILES string of the molecule is COC(=O)C1=C(C=C/C=C/c2ccccc2)C=CC(C=C/C=C/c2ccccc2)=C2C=C(C(C)C)C=CC(C)=C21. The molecule has 2 nitrogen and oxygen atoms in total. The van der Waals surface area contributed by atoms with Crippen LogP contribution < -0.4 is 0 Å². The molecule has 0 saturated carbocycles. The molecule has 0 aliphatic heterocycles. The molecule has 0 N–H and O–H groups in total. The second kappa shape index (κ2) is 13.9. The van der Waals surface area contributed by atoms with Crippen LogP contribution in [-0.4, -0.2) is 13.1 Å². The van der Waals surface area contributed by atoms with E-state index in [1.807, 2.05) is 72.9 Å². The molecule has 0 spiro atoms. The van der Waals surface area contributed by atoms with Crippen LogP contribution in [0.25, 0.3) is 12.2 Å². The highest BCUT2D eigenvalue weighted by Gasteiger charge is 2.26.